The number of ether oxygens (including phenoxy) is 1. The van der Waals surface area contributed by atoms with Gasteiger partial charge >= 0.3 is 0 Å². The zero-order valence-electron chi connectivity index (χ0n) is 15.1. The Kier molecular flexibility index (Phi) is 8.19. The van der Waals surface area contributed by atoms with Gasteiger partial charge in [0.25, 0.3) is 5.91 Å². The number of anilines is 1. The summed E-state index contributed by atoms with van der Waals surface area (Å²) in [5.74, 6) is 0.562. The van der Waals surface area contributed by atoms with Crippen molar-refractivity contribution in [2.45, 2.75) is 26.2 Å². The van der Waals surface area contributed by atoms with E-state index in [1.165, 1.54) is 4.90 Å². The number of aryl methyl sites for hydroxylation is 1. The first-order chi connectivity index (χ1) is 11.4. The van der Waals surface area contributed by atoms with Gasteiger partial charge in [0, 0.05) is 20.0 Å². The molecule has 7 heteroatoms. The van der Waals surface area contributed by atoms with E-state index in [4.69, 9.17) is 10.5 Å². The van der Waals surface area contributed by atoms with Gasteiger partial charge in [0.15, 0.2) is 6.61 Å². The first-order valence-electron chi connectivity index (χ1n) is 8.37. The van der Waals surface area contributed by atoms with Crippen molar-refractivity contribution in [3.05, 3.63) is 23.8 Å². The molecular formula is C18H28ClN3O3. The summed E-state index contributed by atoms with van der Waals surface area (Å²) >= 11 is 0. The highest BCUT2D eigenvalue weighted by Crippen LogP contribution is 2.33. The normalized spacial score (nSPS) is 19.0. The third-order valence-corrected chi connectivity index (χ3v) is 4.54. The maximum absolute atomic E-state index is 12.6. The maximum Gasteiger partial charge on any atom is 0.259 e. The highest BCUT2D eigenvalue weighted by molar-refractivity contribution is 5.94. The van der Waals surface area contributed by atoms with Gasteiger partial charge in [0.2, 0.25) is 5.91 Å². The molecule has 2 rings (SSSR count). The number of halogens is 1. The van der Waals surface area contributed by atoms with Crippen LogP contribution in [0.4, 0.5) is 5.69 Å². The molecule has 1 aliphatic rings. The lowest BCUT2D eigenvalue weighted by Crippen LogP contribution is -2.30. The molecular weight excluding hydrogens is 342 g/mol. The topological polar surface area (TPSA) is 84.7 Å². The van der Waals surface area contributed by atoms with Gasteiger partial charge in [-0.1, -0.05) is 12.5 Å². The van der Waals surface area contributed by atoms with Crippen LogP contribution < -0.4 is 15.8 Å². The number of nitrogens with zero attached hydrogens (tertiary/aromatic N) is 1. The molecule has 0 bridgehead atoms. The fourth-order valence-electron chi connectivity index (χ4n) is 3.01. The molecule has 1 aliphatic carbocycles. The zero-order valence-corrected chi connectivity index (χ0v) is 15.9. The third-order valence-electron chi connectivity index (χ3n) is 4.54. The Bertz CT molecular complexity index is 607. The van der Waals surface area contributed by atoms with Crippen molar-refractivity contribution in [1.29, 1.82) is 0 Å². The smallest absolute Gasteiger partial charge is 0.259 e. The summed E-state index contributed by atoms with van der Waals surface area (Å²) in [6, 6.07) is 5.55. The molecule has 0 aromatic heterocycles. The Hall–Kier alpha value is -1.79. The molecule has 1 aromatic carbocycles. The quantitative estimate of drug-likeness (QED) is 0.805. The molecule has 0 radical (unpaired) electrons. The Labute approximate surface area is 155 Å². The monoisotopic (exact) mass is 369 g/mol. The molecule has 3 N–H and O–H groups in total. The minimum absolute atomic E-state index is 0. The fourth-order valence-corrected chi connectivity index (χ4v) is 3.01. The van der Waals surface area contributed by atoms with Crippen LogP contribution in [0.15, 0.2) is 18.2 Å². The minimum atomic E-state index is -0.132. The van der Waals surface area contributed by atoms with E-state index in [1.807, 2.05) is 25.1 Å². The van der Waals surface area contributed by atoms with Crippen LogP contribution in [0, 0.1) is 18.8 Å². The molecule has 6 nitrogen and oxygen atoms in total. The second-order valence-corrected chi connectivity index (χ2v) is 6.60. The van der Waals surface area contributed by atoms with Crippen molar-refractivity contribution in [2.75, 3.05) is 32.6 Å². The summed E-state index contributed by atoms with van der Waals surface area (Å²) < 4.78 is 5.63. The number of hydrogen-bond acceptors (Lipinski definition) is 4. The van der Waals surface area contributed by atoms with E-state index in [1.54, 1.807) is 14.1 Å². The van der Waals surface area contributed by atoms with Crippen molar-refractivity contribution >= 4 is 29.9 Å². The highest BCUT2D eigenvalue weighted by Gasteiger charge is 2.32. The molecule has 1 aromatic rings. The van der Waals surface area contributed by atoms with Gasteiger partial charge < -0.3 is 20.7 Å². The van der Waals surface area contributed by atoms with E-state index in [0.717, 1.165) is 24.8 Å². The van der Waals surface area contributed by atoms with E-state index in [9.17, 15) is 9.59 Å². The molecule has 1 saturated carbocycles. The number of likely N-dealkylation sites (N-methyl/N-ethyl adjacent to an activating group) is 1. The first-order valence-corrected chi connectivity index (χ1v) is 8.37. The first kappa shape index (κ1) is 21.3. The van der Waals surface area contributed by atoms with Crippen molar-refractivity contribution in [3.63, 3.8) is 0 Å². The molecule has 2 amide bonds. The standard InChI is InChI=1S/C18H27N3O3.ClH/c1-12-7-8-15(16(9-12)24-11-17(22)21(2)3)20-18(23)14-6-4-5-13(14)10-19;/h7-9,13-14H,4-6,10-11,19H2,1-3H3,(H,20,23);1H/t13-,14-;/m1./s1. The number of hydrogen-bond donors (Lipinski definition) is 2. The molecule has 25 heavy (non-hydrogen) atoms. The third kappa shape index (κ3) is 5.61. The van der Waals surface area contributed by atoms with Gasteiger partial charge in [0.05, 0.1) is 5.69 Å². The number of carbonyl (C=O) groups excluding carboxylic acids is 2. The van der Waals surface area contributed by atoms with Crippen LogP contribution in [0.3, 0.4) is 0 Å². The molecule has 140 valence electrons. The summed E-state index contributed by atoms with van der Waals surface area (Å²) in [4.78, 5) is 25.8. The van der Waals surface area contributed by atoms with Crippen LogP contribution in [-0.4, -0.2) is 44.0 Å². The average molecular weight is 370 g/mol. The number of benzene rings is 1. The molecule has 0 unspecified atom stereocenters. The molecule has 2 atom stereocenters. The van der Waals surface area contributed by atoms with Gasteiger partial charge in [-0.2, -0.15) is 0 Å². The molecule has 0 saturated heterocycles. The van der Waals surface area contributed by atoms with E-state index in [-0.39, 0.29) is 42.7 Å². The van der Waals surface area contributed by atoms with Crippen LogP contribution in [0.2, 0.25) is 0 Å². The lowest BCUT2D eigenvalue weighted by molar-refractivity contribution is -0.130. The number of amides is 2. The SMILES string of the molecule is Cc1ccc(NC(=O)[C@@H]2CCC[C@@H]2CN)c(OCC(=O)N(C)C)c1.Cl. The predicted octanol–water partition coefficient (Wildman–Crippen LogP) is 2.20. The lowest BCUT2D eigenvalue weighted by Gasteiger charge is -2.19. The van der Waals surface area contributed by atoms with Crippen LogP contribution in [0.25, 0.3) is 0 Å². The Morgan fingerprint density at radius 2 is 2.04 bits per heavy atom. The van der Waals surface area contributed by atoms with Gasteiger partial charge in [-0.25, -0.2) is 0 Å². The van der Waals surface area contributed by atoms with Crippen LogP contribution in [0.5, 0.6) is 5.75 Å². The molecule has 0 aliphatic heterocycles. The maximum atomic E-state index is 12.6. The number of rotatable bonds is 6. The van der Waals surface area contributed by atoms with Gasteiger partial charge in [0.1, 0.15) is 5.75 Å². The van der Waals surface area contributed by atoms with Crippen molar-refractivity contribution in [3.8, 4) is 5.75 Å². The van der Waals surface area contributed by atoms with Crippen LogP contribution >= 0.6 is 12.4 Å². The van der Waals surface area contributed by atoms with E-state index in [0.29, 0.717) is 18.0 Å². The van der Waals surface area contributed by atoms with Gasteiger partial charge in [-0.05, 0) is 49.9 Å². The highest BCUT2D eigenvalue weighted by atomic mass is 35.5. The van der Waals surface area contributed by atoms with Crippen molar-refractivity contribution in [1.82, 2.24) is 4.90 Å². The van der Waals surface area contributed by atoms with E-state index < -0.39 is 0 Å². The van der Waals surface area contributed by atoms with E-state index >= 15 is 0 Å². The average Bonchev–Trinajstić information content (AvgIpc) is 3.03. The van der Waals surface area contributed by atoms with Gasteiger partial charge in [-0.15, -0.1) is 12.4 Å². The predicted molar refractivity (Wildman–Crippen MR) is 101 cm³/mol. The summed E-state index contributed by atoms with van der Waals surface area (Å²) in [7, 11) is 3.36. The summed E-state index contributed by atoms with van der Waals surface area (Å²) in [5.41, 5.74) is 7.37. The largest absolute Gasteiger partial charge is 0.482 e. The zero-order chi connectivity index (χ0) is 17.7. The Morgan fingerprint density at radius 1 is 1.32 bits per heavy atom. The second kappa shape index (κ2) is 9.63. The second-order valence-electron chi connectivity index (χ2n) is 6.60. The fraction of sp³-hybridized carbons (Fsp3) is 0.556. The number of carbonyl (C=O) groups is 2. The lowest BCUT2D eigenvalue weighted by atomic mass is 9.95. The van der Waals surface area contributed by atoms with Gasteiger partial charge in [-0.3, -0.25) is 9.59 Å². The van der Waals surface area contributed by atoms with Crippen LogP contribution in [0.1, 0.15) is 24.8 Å². The summed E-state index contributed by atoms with van der Waals surface area (Å²) in [5, 5.41) is 2.95. The van der Waals surface area contributed by atoms with Crippen LogP contribution in [-0.2, 0) is 9.59 Å². The van der Waals surface area contributed by atoms with Crippen molar-refractivity contribution in [2.24, 2.45) is 17.6 Å². The summed E-state index contributed by atoms with van der Waals surface area (Å²) in [6.07, 6.45) is 2.91. The number of nitrogens with two attached hydrogens (primary N) is 1. The summed E-state index contributed by atoms with van der Waals surface area (Å²) in [6.45, 7) is 2.41. The molecule has 0 spiro atoms. The Morgan fingerprint density at radius 3 is 2.68 bits per heavy atom. The van der Waals surface area contributed by atoms with E-state index in [2.05, 4.69) is 5.32 Å². The molecule has 1 fully saturated rings. The molecule has 0 heterocycles. The van der Waals surface area contributed by atoms with Crippen molar-refractivity contribution < 1.29 is 14.3 Å². The minimum Gasteiger partial charge on any atom is -0.482 e. The number of nitrogens with one attached hydrogen (secondary N) is 1. The Balaban J connectivity index is 0.00000312.